The van der Waals surface area contributed by atoms with Gasteiger partial charge < -0.3 is 14.9 Å². The van der Waals surface area contributed by atoms with E-state index in [2.05, 4.69) is 15.0 Å². The molecule has 0 aromatic carbocycles. The molecule has 114 valence electrons. The van der Waals surface area contributed by atoms with Crippen LogP contribution in [0.3, 0.4) is 0 Å². The van der Waals surface area contributed by atoms with Crippen molar-refractivity contribution in [1.82, 2.24) is 19.7 Å². The molecule has 3 rings (SSSR count). The number of likely N-dealkylation sites (N-methyl/N-ethyl adjacent to an activating group) is 1. The molecule has 1 fully saturated rings. The third-order valence-corrected chi connectivity index (χ3v) is 3.99. The highest BCUT2D eigenvalue weighted by Gasteiger charge is 2.20. The Morgan fingerprint density at radius 2 is 2.00 bits per heavy atom. The van der Waals surface area contributed by atoms with Crippen LogP contribution in [0.4, 0.5) is 11.8 Å². The summed E-state index contributed by atoms with van der Waals surface area (Å²) in [5.74, 6) is 1.60. The number of aliphatic hydroxyl groups is 1. The summed E-state index contributed by atoms with van der Waals surface area (Å²) in [6.45, 7) is 2.67. The van der Waals surface area contributed by atoms with Gasteiger partial charge in [-0.05, 0) is 19.3 Å². The van der Waals surface area contributed by atoms with Gasteiger partial charge in [0, 0.05) is 33.7 Å². The number of hydrogen-bond acceptors (Lipinski definition) is 6. The van der Waals surface area contributed by atoms with Crippen molar-refractivity contribution in [3.8, 4) is 0 Å². The first-order valence-corrected chi connectivity index (χ1v) is 7.47. The van der Waals surface area contributed by atoms with Gasteiger partial charge in [-0.25, -0.2) is 0 Å². The Morgan fingerprint density at radius 1 is 1.24 bits per heavy atom. The average Bonchev–Trinajstić information content (AvgIpc) is 2.89. The smallest absolute Gasteiger partial charge is 0.229 e. The zero-order valence-corrected chi connectivity index (χ0v) is 12.7. The van der Waals surface area contributed by atoms with Gasteiger partial charge >= 0.3 is 0 Å². The maximum absolute atomic E-state index is 9.12. The number of aliphatic hydroxyl groups excluding tert-OH is 1. The minimum atomic E-state index is 0.0856. The molecule has 0 radical (unpaired) electrons. The quantitative estimate of drug-likeness (QED) is 0.897. The zero-order valence-electron chi connectivity index (χ0n) is 12.7. The molecule has 0 atom stereocenters. The molecule has 3 heterocycles. The van der Waals surface area contributed by atoms with E-state index >= 15 is 0 Å². The fourth-order valence-electron chi connectivity index (χ4n) is 2.76. The lowest BCUT2D eigenvalue weighted by Crippen LogP contribution is -2.31. The summed E-state index contributed by atoms with van der Waals surface area (Å²) in [5, 5.41) is 14.4. The van der Waals surface area contributed by atoms with Gasteiger partial charge in [0.15, 0.2) is 5.65 Å². The maximum Gasteiger partial charge on any atom is 0.229 e. The molecule has 0 spiro atoms. The van der Waals surface area contributed by atoms with E-state index in [1.807, 2.05) is 25.2 Å². The van der Waals surface area contributed by atoms with E-state index < -0.39 is 0 Å². The lowest BCUT2D eigenvalue weighted by Gasteiger charge is -2.29. The minimum absolute atomic E-state index is 0.0856. The number of fused-ring (bicyclic) bond motifs is 1. The fourth-order valence-corrected chi connectivity index (χ4v) is 2.76. The highest BCUT2D eigenvalue weighted by molar-refractivity contribution is 5.88. The Balaban J connectivity index is 2.07. The van der Waals surface area contributed by atoms with Gasteiger partial charge in [-0.15, -0.1) is 0 Å². The van der Waals surface area contributed by atoms with E-state index in [0.29, 0.717) is 12.5 Å². The minimum Gasteiger partial charge on any atom is -0.395 e. The van der Waals surface area contributed by atoms with Crippen molar-refractivity contribution in [3.05, 3.63) is 6.20 Å². The Kier molecular flexibility index (Phi) is 3.92. The van der Waals surface area contributed by atoms with Crippen molar-refractivity contribution < 1.29 is 5.11 Å². The lowest BCUT2D eigenvalue weighted by molar-refractivity contribution is 0.303. The van der Waals surface area contributed by atoms with Crippen LogP contribution in [0.2, 0.25) is 0 Å². The number of aromatic nitrogens is 4. The number of anilines is 2. The lowest BCUT2D eigenvalue weighted by atomic mass is 10.1. The Bertz CT molecular complexity index is 619. The van der Waals surface area contributed by atoms with Crippen molar-refractivity contribution in [2.75, 3.05) is 43.1 Å². The summed E-state index contributed by atoms with van der Waals surface area (Å²) in [4.78, 5) is 13.5. The number of nitrogens with zero attached hydrogens (tertiary/aromatic N) is 6. The third-order valence-electron chi connectivity index (χ3n) is 3.99. The molecule has 0 unspecified atom stereocenters. The zero-order chi connectivity index (χ0) is 14.8. The van der Waals surface area contributed by atoms with E-state index in [4.69, 9.17) is 10.1 Å². The Labute approximate surface area is 124 Å². The first-order chi connectivity index (χ1) is 10.2. The molecule has 21 heavy (non-hydrogen) atoms. The van der Waals surface area contributed by atoms with Crippen molar-refractivity contribution in [3.63, 3.8) is 0 Å². The van der Waals surface area contributed by atoms with Crippen LogP contribution in [-0.4, -0.2) is 58.1 Å². The average molecular weight is 290 g/mol. The summed E-state index contributed by atoms with van der Waals surface area (Å²) >= 11 is 0. The SMILES string of the molecule is CN(CCO)c1nc(N2CCCCC2)c2cnn(C)c2n1. The predicted molar refractivity (Wildman–Crippen MR) is 82.7 cm³/mol. The van der Waals surface area contributed by atoms with Crippen LogP contribution in [0.5, 0.6) is 0 Å². The maximum atomic E-state index is 9.12. The summed E-state index contributed by atoms with van der Waals surface area (Å²) < 4.78 is 1.78. The van der Waals surface area contributed by atoms with Crippen LogP contribution in [0.1, 0.15) is 19.3 Å². The van der Waals surface area contributed by atoms with E-state index in [9.17, 15) is 0 Å². The molecule has 7 heteroatoms. The number of hydrogen-bond donors (Lipinski definition) is 1. The van der Waals surface area contributed by atoms with Gasteiger partial charge in [0.2, 0.25) is 5.95 Å². The highest BCUT2D eigenvalue weighted by atomic mass is 16.3. The van der Waals surface area contributed by atoms with Crippen molar-refractivity contribution in [2.45, 2.75) is 19.3 Å². The van der Waals surface area contributed by atoms with E-state index in [1.165, 1.54) is 19.3 Å². The Hall–Kier alpha value is -1.89. The third kappa shape index (κ3) is 2.65. The molecule has 1 aliphatic heterocycles. The second-order valence-corrected chi connectivity index (χ2v) is 5.55. The standard InChI is InChI=1S/C14H22N6O/c1-18(8-9-21)14-16-12-11(10-15-19(12)2)13(17-14)20-6-4-3-5-7-20/h10,21H,3-9H2,1-2H3. The normalized spacial score (nSPS) is 15.7. The van der Waals surface area contributed by atoms with Gasteiger partial charge in [-0.2, -0.15) is 15.1 Å². The van der Waals surface area contributed by atoms with Gasteiger partial charge in [-0.3, -0.25) is 4.68 Å². The topological polar surface area (TPSA) is 70.3 Å². The van der Waals surface area contributed by atoms with E-state index in [-0.39, 0.29) is 6.61 Å². The summed E-state index contributed by atoms with van der Waals surface area (Å²) in [6, 6.07) is 0. The van der Waals surface area contributed by atoms with Gasteiger partial charge in [-0.1, -0.05) is 0 Å². The summed E-state index contributed by atoms with van der Waals surface area (Å²) in [6.07, 6.45) is 5.53. The molecule has 0 amide bonds. The molecular formula is C14H22N6O. The second kappa shape index (κ2) is 5.85. The molecule has 0 bridgehead atoms. The van der Waals surface area contributed by atoms with Gasteiger partial charge in [0.25, 0.3) is 0 Å². The molecular weight excluding hydrogens is 268 g/mol. The van der Waals surface area contributed by atoms with Crippen LogP contribution in [0.15, 0.2) is 6.20 Å². The molecule has 0 aliphatic carbocycles. The van der Waals surface area contributed by atoms with Crippen molar-refractivity contribution in [1.29, 1.82) is 0 Å². The highest BCUT2D eigenvalue weighted by Crippen LogP contribution is 2.28. The number of rotatable bonds is 4. The molecule has 1 saturated heterocycles. The van der Waals surface area contributed by atoms with Crippen LogP contribution < -0.4 is 9.80 Å². The van der Waals surface area contributed by atoms with Crippen LogP contribution in [0, 0.1) is 0 Å². The van der Waals surface area contributed by atoms with Crippen molar-refractivity contribution in [2.24, 2.45) is 7.05 Å². The first-order valence-electron chi connectivity index (χ1n) is 7.47. The monoisotopic (exact) mass is 290 g/mol. The fraction of sp³-hybridized carbons (Fsp3) is 0.643. The van der Waals surface area contributed by atoms with Crippen LogP contribution >= 0.6 is 0 Å². The van der Waals surface area contributed by atoms with E-state index in [0.717, 1.165) is 29.9 Å². The molecule has 2 aromatic rings. The van der Waals surface area contributed by atoms with Crippen LogP contribution in [0.25, 0.3) is 11.0 Å². The van der Waals surface area contributed by atoms with Crippen LogP contribution in [-0.2, 0) is 7.05 Å². The molecule has 1 aliphatic rings. The predicted octanol–water partition coefficient (Wildman–Crippen LogP) is 0.782. The van der Waals surface area contributed by atoms with Crippen molar-refractivity contribution >= 4 is 22.8 Å². The number of piperidine rings is 1. The van der Waals surface area contributed by atoms with E-state index in [1.54, 1.807) is 4.68 Å². The number of aryl methyl sites for hydroxylation is 1. The summed E-state index contributed by atoms with van der Waals surface area (Å²) in [5.41, 5.74) is 0.838. The van der Waals surface area contributed by atoms with Gasteiger partial charge in [0.1, 0.15) is 5.82 Å². The first kappa shape index (κ1) is 14.1. The Morgan fingerprint density at radius 3 is 2.71 bits per heavy atom. The van der Waals surface area contributed by atoms with Gasteiger partial charge in [0.05, 0.1) is 18.2 Å². The molecule has 1 N–H and O–H groups in total. The second-order valence-electron chi connectivity index (χ2n) is 5.55. The molecule has 0 saturated carbocycles. The largest absolute Gasteiger partial charge is 0.395 e. The summed E-state index contributed by atoms with van der Waals surface area (Å²) in [7, 11) is 3.79. The molecule has 7 nitrogen and oxygen atoms in total. The molecule has 2 aromatic heterocycles.